The molecule has 11 heavy (non-hydrogen) atoms. The van der Waals surface area contributed by atoms with E-state index in [-0.39, 0.29) is 10.8 Å². The normalized spacial score (nSPS) is 21.5. The Bertz CT molecular complexity index is 174. The highest BCUT2D eigenvalue weighted by atomic mass is 16.1. The molecule has 64 valence electrons. The molecule has 0 aromatic carbocycles. The van der Waals surface area contributed by atoms with E-state index in [1.54, 1.807) is 0 Å². The summed E-state index contributed by atoms with van der Waals surface area (Å²) < 4.78 is 0. The molecule has 0 saturated heterocycles. The SMILES string of the molecule is CC(C)(C)C(=O)C1(CN)CC1. The van der Waals surface area contributed by atoms with Gasteiger partial charge in [-0.15, -0.1) is 0 Å². The summed E-state index contributed by atoms with van der Waals surface area (Å²) in [7, 11) is 0. The molecule has 0 heterocycles. The van der Waals surface area contributed by atoms with E-state index < -0.39 is 0 Å². The molecule has 0 unspecified atom stereocenters. The molecule has 2 N–H and O–H groups in total. The van der Waals surface area contributed by atoms with Crippen LogP contribution in [-0.4, -0.2) is 12.3 Å². The van der Waals surface area contributed by atoms with Crippen LogP contribution in [0, 0.1) is 10.8 Å². The first-order valence-electron chi connectivity index (χ1n) is 4.17. The fourth-order valence-electron chi connectivity index (χ4n) is 1.47. The van der Waals surface area contributed by atoms with Gasteiger partial charge in [0.15, 0.2) is 0 Å². The lowest BCUT2D eigenvalue weighted by Gasteiger charge is -2.22. The van der Waals surface area contributed by atoms with Gasteiger partial charge in [-0.2, -0.15) is 0 Å². The second-order valence-electron chi connectivity index (χ2n) is 4.56. The molecule has 0 spiro atoms. The van der Waals surface area contributed by atoms with E-state index in [1.807, 2.05) is 20.8 Å². The lowest BCUT2D eigenvalue weighted by molar-refractivity contribution is -0.131. The van der Waals surface area contributed by atoms with Gasteiger partial charge in [-0.25, -0.2) is 0 Å². The Labute approximate surface area is 68.2 Å². The van der Waals surface area contributed by atoms with Crippen molar-refractivity contribution in [1.82, 2.24) is 0 Å². The highest BCUT2D eigenvalue weighted by Crippen LogP contribution is 2.49. The zero-order valence-electron chi connectivity index (χ0n) is 7.61. The van der Waals surface area contributed by atoms with Crippen LogP contribution in [-0.2, 0) is 4.79 Å². The van der Waals surface area contributed by atoms with Crippen molar-refractivity contribution in [3.63, 3.8) is 0 Å². The smallest absolute Gasteiger partial charge is 0.145 e. The summed E-state index contributed by atoms with van der Waals surface area (Å²) in [4.78, 5) is 11.7. The topological polar surface area (TPSA) is 43.1 Å². The molecular formula is C9H17NO. The predicted octanol–water partition coefficient (Wildman–Crippen LogP) is 1.34. The Balaban J connectivity index is 2.69. The van der Waals surface area contributed by atoms with Crippen LogP contribution in [0.3, 0.4) is 0 Å². The molecule has 0 aromatic rings. The number of Topliss-reactive ketones (excluding diaryl/α,β-unsaturated/α-hetero) is 1. The van der Waals surface area contributed by atoms with Crippen molar-refractivity contribution in [3.8, 4) is 0 Å². The third-order valence-corrected chi connectivity index (χ3v) is 2.41. The summed E-state index contributed by atoms with van der Waals surface area (Å²) in [5.74, 6) is 0.340. The number of carbonyl (C=O) groups excluding carboxylic acids is 1. The molecular weight excluding hydrogens is 138 g/mol. The summed E-state index contributed by atoms with van der Waals surface area (Å²) >= 11 is 0. The highest BCUT2D eigenvalue weighted by Gasteiger charge is 2.51. The van der Waals surface area contributed by atoms with E-state index in [0.717, 1.165) is 12.8 Å². The van der Waals surface area contributed by atoms with E-state index in [2.05, 4.69) is 0 Å². The van der Waals surface area contributed by atoms with Crippen LogP contribution in [0.15, 0.2) is 0 Å². The fourth-order valence-corrected chi connectivity index (χ4v) is 1.47. The van der Waals surface area contributed by atoms with Gasteiger partial charge in [0.1, 0.15) is 5.78 Å². The minimum absolute atomic E-state index is 0.127. The summed E-state index contributed by atoms with van der Waals surface area (Å²) in [5.41, 5.74) is 5.21. The molecule has 0 aliphatic heterocycles. The second-order valence-corrected chi connectivity index (χ2v) is 4.56. The van der Waals surface area contributed by atoms with Crippen LogP contribution >= 0.6 is 0 Å². The van der Waals surface area contributed by atoms with Gasteiger partial charge in [-0.3, -0.25) is 4.79 Å². The minimum Gasteiger partial charge on any atom is -0.329 e. The molecule has 1 rings (SSSR count). The van der Waals surface area contributed by atoms with Crippen molar-refractivity contribution in [1.29, 1.82) is 0 Å². The third kappa shape index (κ3) is 1.45. The van der Waals surface area contributed by atoms with Gasteiger partial charge < -0.3 is 5.73 Å². The van der Waals surface area contributed by atoms with Crippen molar-refractivity contribution in [2.45, 2.75) is 33.6 Å². The van der Waals surface area contributed by atoms with Crippen molar-refractivity contribution >= 4 is 5.78 Å². The molecule has 1 aliphatic carbocycles. The summed E-state index contributed by atoms with van der Waals surface area (Å²) in [6, 6.07) is 0. The third-order valence-electron chi connectivity index (χ3n) is 2.41. The second kappa shape index (κ2) is 2.31. The highest BCUT2D eigenvalue weighted by molar-refractivity contribution is 5.91. The van der Waals surface area contributed by atoms with Crippen molar-refractivity contribution < 1.29 is 4.79 Å². The van der Waals surface area contributed by atoms with Crippen molar-refractivity contribution in [3.05, 3.63) is 0 Å². The minimum atomic E-state index is -0.212. The molecule has 0 amide bonds. The Morgan fingerprint density at radius 2 is 1.91 bits per heavy atom. The number of carbonyl (C=O) groups is 1. The molecule has 1 aliphatic rings. The maximum absolute atomic E-state index is 11.7. The van der Waals surface area contributed by atoms with Crippen LogP contribution < -0.4 is 5.73 Å². The zero-order valence-corrected chi connectivity index (χ0v) is 7.61. The van der Waals surface area contributed by atoms with Gasteiger partial charge in [0, 0.05) is 17.4 Å². The van der Waals surface area contributed by atoms with Gasteiger partial charge in [0.25, 0.3) is 0 Å². The van der Waals surface area contributed by atoms with Gasteiger partial charge in [0.2, 0.25) is 0 Å². The average molecular weight is 155 g/mol. The van der Waals surface area contributed by atoms with Crippen LogP contribution in [0.4, 0.5) is 0 Å². The van der Waals surface area contributed by atoms with Gasteiger partial charge in [0.05, 0.1) is 0 Å². The quantitative estimate of drug-likeness (QED) is 0.654. The number of nitrogens with two attached hydrogens (primary N) is 1. The van der Waals surface area contributed by atoms with E-state index in [1.165, 1.54) is 0 Å². The summed E-state index contributed by atoms with van der Waals surface area (Å²) in [5, 5.41) is 0. The Morgan fingerprint density at radius 1 is 1.45 bits per heavy atom. The van der Waals surface area contributed by atoms with E-state index >= 15 is 0 Å². The van der Waals surface area contributed by atoms with E-state index in [9.17, 15) is 4.79 Å². The first-order valence-corrected chi connectivity index (χ1v) is 4.17. The first-order chi connectivity index (χ1) is 4.92. The first kappa shape index (κ1) is 8.72. The molecule has 0 radical (unpaired) electrons. The number of hydrogen-bond donors (Lipinski definition) is 1. The van der Waals surface area contributed by atoms with Crippen LogP contribution in [0.1, 0.15) is 33.6 Å². The summed E-state index contributed by atoms with van der Waals surface area (Å²) in [6.45, 7) is 6.42. The maximum Gasteiger partial charge on any atom is 0.145 e. The Hall–Kier alpha value is -0.370. The van der Waals surface area contributed by atoms with Crippen LogP contribution in [0.2, 0.25) is 0 Å². The van der Waals surface area contributed by atoms with Crippen molar-refractivity contribution in [2.75, 3.05) is 6.54 Å². The Kier molecular flexibility index (Phi) is 1.83. The van der Waals surface area contributed by atoms with Crippen molar-refractivity contribution in [2.24, 2.45) is 16.6 Å². The molecule has 2 nitrogen and oxygen atoms in total. The van der Waals surface area contributed by atoms with Crippen LogP contribution in [0.5, 0.6) is 0 Å². The maximum atomic E-state index is 11.7. The average Bonchev–Trinajstić information content (AvgIpc) is 2.64. The molecule has 1 saturated carbocycles. The lowest BCUT2D eigenvalue weighted by Crippen LogP contribution is -2.34. The van der Waals surface area contributed by atoms with E-state index in [0.29, 0.717) is 12.3 Å². The number of rotatable bonds is 2. The van der Waals surface area contributed by atoms with Gasteiger partial charge >= 0.3 is 0 Å². The molecule has 0 aromatic heterocycles. The molecule has 0 bridgehead atoms. The molecule has 0 atom stereocenters. The largest absolute Gasteiger partial charge is 0.329 e. The molecule has 1 fully saturated rings. The van der Waals surface area contributed by atoms with Gasteiger partial charge in [-0.05, 0) is 12.8 Å². The monoisotopic (exact) mass is 155 g/mol. The van der Waals surface area contributed by atoms with E-state index in [4.69, 9.17) is 5.73 Å². The number of ketones is 1. The predicted molar refractivity (Wildman–Crippen MR) is 45.2 cm³/mol. The van der Waals surface area contributed by atoms with Crippen LogP contribution in [0.25, 0.3) is 0 Å². The van der Waals surface area contributed by atoms with Gasteiger partial charge in [-0.1, -0.05) is 20.8 Å². The fraction of sp³-hybridized carbons (Fsp3) is 0.889. The molecule has 2 heteroatoms. The lowest BCUT2D eigenvalue weighted by atomic mass is 9.81. The number of hydrogen-bond acceptors (Lipinski definition) is 2. The Morgan fingerprint density at radius 3 is 2.00 bits per heavy atom. The summed E-state index contributed by atoms with van der Waals surface area (Å²) in [6.07, 6.45) is 2.00. The zero-order chi connectivity index (χ0) is 8.70. The standard InChI is InChI=1S/C9H17NO/c1-8(2,3)7(11)9(6-10)4-5-9/h4-6,10H2,1-3H3.